The van der Waals surface area contributed by atoms with Crippen LogP contribution in [0, 0.1) is 20.8 Å². The highest BCUT2D eigenvalue weighted by molar-refractivity contribution is 5.79. The fourth-order valence-corrected chi connectivity index (χ4v) is 1.85. The highest BCUT2D eigenvalue weighted by Crippen LogP contribution is 2.22. The molecule has 2 N–H and O–H groups in total. The first-order valence-electron chi connectivity index (χ1n) is 5.62. The van der Waals surface area contributed by atoms with Crippen molar-refractivity contribution in [1.29, 1.82) is 0 Å². The van der Waals surface area contributed by atoms with E-state index in [1.165, 1.54) is 22.8 Å². The van der Waals surface area contributed by atoms with Gasteiger partial charge in [-0.15, -0.1) is 0 Å². The molecular weight excluding hydrogens is 214 g/mol. The SMILES string of the molecule is CNC(/C=C/C(=O)O)c1cc(C)c(C)cc1C. The summed E-state index contributed by atoms with van der Waals surface area (Å²) in [5.41, 5.74) is 4.76. The summed E-state index contributed by atoms with van der Waals surface area (Å²) in [6.45, 7) is 6.18. The second kappa shape index (κ2) is 5.64. The lowest BCUT2D eigenvalue weighted by atomic mass is 9.95. The second-order valence-electron chi connectivity index (χ2n) is 4.26. The summed E-state index contributed by atoms with van der Waals surface area (Å²) < 4.78 is 0. The fourth-order valence-electron chi connectivity index (χ4n) is 1.85. The van der Waals surface area contributed by atoms with Crippen LogP contribution in [0.15, 0.2) is 24.3 Å². The minimum atomic E-state index is -0.924. The van der Waals surface area contributed by atoms with Crippen LogP contribution in [0.2, 0.25) is 0 Å². The number of likely N-dealkylation sites (N-methyl/N-ethyl adjacent to an activating group) is 1. The number of carboxylic acid groups (broad SMARTS) is 1. The Morgan fingerprint density at radius 2 is 1.82 bits per heavy atom. The van der Waals surface area contributed by atoms with Crippen molar-refractivity contribution >= 4 is 5.97 Å². The molecule has 0 heterocycles. The molecule has 0 saturated carbocycles. The Bertz CT molecular complexity index is 450. The number of benzene rings is 1. The molecule has 1 aromatic rings. The number of rotatable bonds is 4. The third kappa shape index (κ3) is 3.43. The first kappa shape index (κ1) is 13.5. The minimum absolute atomic E-state index is 0.0644. The topological polar surface area (TPSA) is 49.3 Å². The molecule has 1 rings (SSSR count). The van der Waals surface area contributed by atoms with Crippen LogP contribution in [0.5, 0.6) is 0 Å². The normalized spacial score (nSPS) is 12.9. The Morgan fingerprint density at radius 3 is 2.35 bits per heavy atom. The zero-order valence-corrected chi connectivity index (χ0v) is 10.7. The number of carbonyl (C=O) groups is 1. The molecule has 0 spiro atoms. The lowest BCUT2D eigenvalue weighted by molar-refractivity contribution is -0.131. The number of aryl methyl sites for hydroxylation is 3. The zero-order valence-electron chi connectivity index (χ0n) is 10.7. The zero-order chi connectivity index (χ0) is 13.0. The Balaban J connectivity index is 3.12. The van der Waals surface area contributed by atoms with E-state index in [-0.39, 0.29) is 6.04 Å². The molecule has 92 valence electrons. The molecule has 0 amide bonds. The highest BCUT2D eigenvalue weighted by Gasteiger charge is 2.10. The molecule has 1 unspecified atom stereocenters. The number of nitrogens with one attached hydrogen (secondary N) is 1. The van der Waals surface area contributed by atoms with E-state index in [2.05, 4.69) is 31.3 Å². The van der Waals surface area contributed by atoms with Gasteiger partial charge >= 0.3 is 5.97 Å². The highest BCUT2D eigenvalue weighted by atomic mass is 16.4. The molecule has 0 aliphatic carbocycles. The van der Waals surface area contributed by atoms with Gasteiger partial charge in [-0.1, -0.05) is 18.2 Å². The van der Waals surface area contributed by atoms with Crippen LogP contribution in [0.25, 0.3) is 0 Å². The molecule has 0 radical (unpaired) electrons. The third-order valence-corrected chi connectivity index (χ3v) is 2.96. The first-order valence-corrected chi connectivity index (χ1v) is 5.62. The Kier molecular flexibility index (Phi) is 4.46. The van der Waals surface area contributed by atoms with Crippen molar-refractivity contribution in [3.63, 3.8) is 0 Å². The van der Waals surface area contributed by atoms with E-state index in [4.69, 9.17) is 5.11 Å². The van der Waals surface area contributed by atoms with Crippen LogP contribution in [0.1, 0.15) is 28.3 Å². The number of aliphatic carboxylic acids is 1. The van der Waals surface area contributed by atoms with E-state index in [0.717, 1.165) is 5.56 Å². The van der Waals surface area contributed by atoms with Gasteiger partial charge < -0.3 is 10.4 Å². The van der Waals surface area contributed by atoms with Gasteiger partial charge in [0.1, 0.15) is 0 Å². The van der Waals surface area contributed by atoms with E-state index in [9.17, 15) is 4.79 Å². The van der Waals surface area contributed by atoms with Gasteiger partial charge in [0, 0.05) is 6.08 Å². The molecular formula is C14H19NO2. The summed E-state index contributed by atoms with van der Waals surface area (Å²) in [5, 5.41) is 11.8. The quantitative estimate of drug-likeness (QED) is 0.786. The first-order chi connectivity index (χ1) is 7.95. The maximum absolute atomic E-state index is 10.5. The minimum Gasteiger partial charge on any atom is -0.478 e. The smallest absolute Gasteiger partial charge is 0.328 e. The predicted molar refractivity (Wildman–Crippen MR) is 69.2 cm³/mol. The molecule has 1 aromatic carbocycles. The Morgan fingerprint density at radius 1 is 1.24 bits per heavy atom. The van der Waals surface area contributed by atoms with Crippen molar-refractivity contribution in [3.8, 4) is 0 Å². The van der Waals surface area contributed by atoms with E-state index in [1.54, 1.807) is 6.08 Å². The van der Waals surface area contributed by atoms with Crippen LogP contribution in [0.4, 0.5) is 0 Å². The van der Waals surface area contributed by atoms with Gasteiger partial charge in [-0.3, -0.25) is 0 Å². The number of hydrogen-bond donors (Lipinski definition) is 2. The Hall–Kier alpha value is -1.61. The lowest BCUT2D eigenvalue weighted by Crippen LogP contribution is -2.16. The molecule has 3 nitrogen and oxygen atoms in total. The van der Waals surface area contributed by atoms with Gasteiger partial charge in [0.25, 0.3) is 0 Å². The number of hydrogen-bond acceptors (Lipinski definition) is 2. The average Bonchev–Trinajstić information content (AvgIpc) is 2.25. The molecule has 0 aliphatic heterocycles. The fraction of sp³-hybridized carbons (Fsp3) is 0.357. The van der Waals surface area contributed by atoms with Crippen LogP contribution in [0.3, 0.4) is 0 Å². The lowest BCUT2D eigenvalue weighted by Gasteiger charge is -2.17. The van der Waals surface area contributed by atoms with Crippen molar-refractivity contribution < 1.29 is 9.90 Å². The standard InChI is InChI=1S/C14H19NO2/c1-9-7-11(3)12(8-10(9)2)13(15-4)5-6-14(16)17/h5-8,13,15H,1-4H3,(H,16,17)/b6-5+. The van der Waals surface area contributed by atoms with Crippen molar-refractivity contribution in [2.24, 2.45) is 0 Å². The largest absolute Gasteiger partial charge is 0.478 e. The van der Waals surface area contributed by atoms with Gasteiger partial charge in [0.15, 0.2) is 0 Å². The van der Waals surface area contributed by atoms with Crippen molar-refractivity contribution in [2.45, 2.75) is 26.8 Å². The Labute approximate surface area is 102 Å². The van der Waals surface area contributed by atoms with Crippen molar-refractivity contribution in [1.82, 2.24) is 5.32 Å². The van der Waals surface area contributed by atoms with Gasteiger partial charge in [-0.25, -0.2) is 4.79 Å². The third-order valence-electron chi connectivity index (χ3n) is 2.96. The molecule has 17 heavy (non-hydrogen) atoms. The summed E-state index contributed by atoms with van der Waals surface area (Å²) in [6, 6.07) is 4.17. The van der Waals surface area contributed by atoms with E-state index >= 15 is 0 Å². The van der Waals surface area contributed by atoms with E-state index in [0.29, 0.717) is 0 Å². The van der Waals surface area contributed by atoms with E-state index in [1.807, 2.05) is 14.0 Å². The van der Waals surface area contributed by atoms with Gasteiger partial charge in [0.2, 0.25) is 0 Å². The average molecular weight is 233 g/mol. The summed E-state index contributed by atoms with van der Waals surface area (Å²) >= 11 is 0. The van der Waals surface area contributed by atoms with E-state index < -0.39 is 5.97 Å². The molecule has 0 aromatic heterocycles. The summed E-state index contributed by atoms with van der Waals surface area (Å²) in [6.07, 6.45) is 2.84. The van der Waals surface area contributed by atoms with Crippen LogP contribution >= 0.6 is 0 Å². The summed E-state index contributed by atoms with van der Waals surface area (Å²) in [7, 11) is 1.82. The molecule has 0 bridgehead atoms. The van der Waals surface area contributed by atoms with Crippen molar-refractivity contribution in [3.05, 3.63) is 46.5 Å². The van der Waals surface area contributed by atoms with Gasteiger partial charge in [-0.05, 0) is 50.1 Å². The van der Waals surface area contributed by atoms with Gasteiger partial charge in [0.05, 0.1) is 6.04 Å². The maximum Gasteiger partial charge on any atom is 0.328 e. The van der Waals surface area contributed by atoms with Crippen LogP contribution in [-0.4, -0.2) is 18.1 Å². The summed E-state index contributed by atoms with van der Waals surface area (Å²) in [5.74, 6) is -0.924. The maximum atomic E-state index is 10.5. The van der Waals surface area contributed by atoms with Crippen LogP contribution in [-0.2, 0) is 4.79 Å². The molecule has 0 fully saturated rings. The summed E-state index contributed by atoms with van der Waals surface area (Å²) in [4.78, 5) is 10.5. The van der Waals surface area contributed by atoms with Gasteiger partial charge in [-0.2, -0.15) is 0 Å². The number of carboxylic acids is 1. The monoisotopic (exact) mass is 233 g/mol. The molecule has 0 aliphatic rings. The molecule has 3 heteroatoms. The second-order valence-corrected chi connectivity index (χ2v) is 4.26. The molecule has 1 atom stereocenters. The molecule has 0 saturated heterocycles. The van der Waals surface area contributed by atoms with Crippen LogP contribution < -0.4 is 5.32 Å². The predicted octanol–water partition coefficient (Wildman–Crippen LogP) is 2.51. The van der Waals surface area contributed by atoms with Crippen molar-refractivity contribution in [2.75, 3.05) is 7.05 Å².